The maximum atomic E-state index is 11.9. The van der Waals surface area contributed by atoms with E-state index in [-0.39, 0.29) is 24.1 Å². The van der Waals surface area contributed by atoms with Gasteiger partial charge in [0.1, 0.15) is 5.69 Å². The van der Waals surface area contributed by atoms with Crippen molar-refractivity contribution < 1.29 is 19.5 Å². The number of carbonyl (C=O) groups excluding carboxylic acids is 2. The predicted octanol–water partition coefficient (Wildman–Crippen LogP) is 0.196. The Kier molecular flexibility index (Phi) is 4.68. The van der Waals surface area contributed by atoms with E-state index in [4.69, 9.17) is 5.11 Å². The lowest BCUT2D eigenvalue weighted by atomic mass is 10.1. The van der Waals surface area contributed by atoms with E-state index in [2.05, 4.69) is 15.6 Å². The van der Waals surface area contributed by atoms with Crippen molar-refractivity contribution in [2.75, 3.05) is 13.1 Å². The molecular formula is C12H17N3O4. The quantitative estimate of drug-likeness (QED) is 0.571. The summed E-state index contributed by atoms with van der Waals surface area (Å²) in [5, 5.41) is 14.1. The Morgan fingerprint density at radius 3 is 2.21 bits per heavy atom. The van der Waals surface area contributed by atoms with Gasteiger partial charge in [0.2, 0.25) is 5.91 Å². The molecule has 0 aliphatic carbocycles. The lowest BCUT2D eigenvalue weighted by Gasteiger charge is -2.06. The average Bonchev–Trinajstić information content (AvgIpc) is 2.60. The summed E-state index contributed by atoms with van der Waals surface area (Å²) in [5.41, 5.74) is 1.26. The van der Waals surface area contributed by atoms with Crippen molar-refractivity contribution >= 4 is 17.8 Å². The zero-order valence-electron chi connectivity index (χ0n) is 11.1. The van der Waals surface area contributed by atoms with Crippen molar-refractivity contribution in [3.05, 3.63) is 22.5 Å². The predicted molar refractivity (Wildman–Crippen MR) is 68.2 cm³/mol. The van der Waals surface area contributed by atoms with Gasteiger partial charge in [0, 0.05) is 25.7 Å². The van der Waals surface area contributed by atoms with Crippen LogP contribution in [0.4, 0.5) is 0 Å². The van der Waals surface area contributed by atoms with Crippen LogP contribution in [-0.4, -0.2) is 41.0 Å². The van der Waals surface area contributed by atoms with E-state index in [9.17, 15) is 14.4 Å². The zero-order chi connectivity index (χ0) is 14.6. The number of aromatic carboxylic acids is 1. The van der Waals surface area contributed by atoms with Crippen LogP contribution in [-0.2, 0) is 4.79 Å². The molecule has 1 rings (SSSR count). The van der Waals surface area contributed by atoms with Gasteiger partial charge < -0.3 is 20.7 Å². The van der Waals surface area contributed by atoms with Crippen LogP contribution < -0.4 is 10.6 Å². The molecule has 0 saturated carbocycles. The van der Waals surface area contributed by atoms with Gasteiger partial charge in [0.25, 0.3) is 5.91 Å². The van der Waals surface area contributed by atoms with Crippen molar-refractivity contribution in [3.63, 3.8) is 0 Å². The molecule has 2 amide bonds. The van der Waals surface area contributed by atoms with Gasteiger partial charge in [0.05, 0.1) is 5.56 Å². The van der Waals surface area contributed by atoms with Gasteiger partial charge in [-0.15, -0.1) is 0 Å². The summed E-state index contributed by atoms with van der Waals surface area (Å²) in [6.07, 6.45) is 0. The number of hydrogen-bond acceptors (Lipinski definition) is 3. The Morgan fingerprint density at radius 1 is 1.16 bits per heavy atom. The van der Waals surface area contributed by atoms with Crippen LogP contribution >= 0.6 is 0 Å². The van der Waals surface area contributed by atoms with Crippen LogP contribution in [0.5, 0.6) is 0 Å². The summed E-state index contributed by atoms with van der Waals surface area (Å²) in [6.45, 7) is 5.22. The first-order chi connectivity index (χ1) is 8.84. The Labute approximate surface area is 110 Å². The van der Waals surface area contributed by atoms with E-state index < -0.39 is 5.97 Å². The third-order valence-corrected chi connectivity index (χ3v) is 2.66. The fourth-order valence-corrected chi connectivity index (χ4v) is 1.81. The highest BCUT2D eigenvalue weighted by molar-refractivity contribution is 6.00. The second-order valence-corrected chi connectivity index (χ2v) is 4.17. The van der Waals surface area contributed by atoms with Gasteiger partial charge in [0.15, 0.2) is 0 Å². The Bertz CT molecular complexity index is 519. The smallest absolute Gasteiger partial charge is 0.352 e. The van der Waals surface area contributed by atoms with E-state index >= 15 is 0 Å². The van der Waals surface area contributed by atoms with Gasteiger partial charge >= 0.3 is 5.97 Å². The van der Waals surface area contributed by atoms with Crippen molar-refractivity contribution in [1.82, 2.24) is 15.6 Å². The SMILES string of the molecule is CC(=O)NCCNC(=O)c1c(C)[nH]c(C(=O)O)c1C. The van der Waals surface area contributed by atoms with Crippen LogP contribution in [0.25, 0.3) is 0 Å². The van der Waals surface area contributed by atoms with Crippen molar-refractivity contribution in [2.24, 2.45) is 0 Å². The topological polar surface area (TPSA) is 111 Å². The van der Waals surface area contributed by atoms with Gasteiger partial charge in [-0.2, -0.15) is 0 Å². The molecule has 19 heavy (non-hydrogen) atoms. The molecule has 0 atom stereocenters. The van der Waals surface area contributed by atoms with E-state index in [1.54, 1.807) is 13.8 Å². The van der Waals surface area contributed by atoms with E-state index in [1.165, 1.54) is 6.92 Å². The number of aryl methyl sites for hydroxylation is 1. The average molecular weight is 267 g/mol. The summed E-state index contributed by atoms with van der Waals surface area (Å²) in [5.74, 6) is -1.63. The van der Waals surface area contributed by atoms with Crippen molar-refractivity contribution in [1.29, 1.82) is 0 Å². The van der Waals surface area contributed by atoms with Gasteiger partial charge in [-0.3, -0.25) is 9.59 Å². The molecule has 0 aromatic carbocycles. The highest BCUT2D eigenvalue weighted by Crippen LogP contribution is 2.17. The van der Waals surface area contributed by atoms with E-state index in [0.29, 0.717) is 23.4 Å². The Balaban J connectivity index is 2.72. The molecule has 0 bridgehead atoms. The second kappa shape index (κ2) is 6.03. The molecule has 4 N–H and O–H groups in total. The fourth-order valence-electron chi connectivity index (χ4n) is 1.81. The molecule has 7 heteroatoms. The minimum Gasteiger partial charge on any atom is -0.477 e. The molecule has 0 spiro atoms. The maximum absolute atomic E-state index is 11.9. The summed E-state index contributed by atoms with van der Waals surface area (Å²) in [7, 11) is 0. The largest absolute Gasteiger partial charge is 0.477 e. The van der Waals surface area contributed by atoms with Crippen molar-refractivity contribution in [2.45, 2.75) is 20.8 Å². The highest BCUT2D eigenvalue weighted by Gasteiger charge is 2.21. The Morgan fingerprint density at radius 2 is 1.74 bits per heavy atom. The number of rotatable bonds is 5. The molecular weight excluding hydrogens is 250 g/mol. The van der Waals surface area contributed by atoms with E-state index in [1.807, 2.05) is 0 Å². The molecule has 0 aliphatic rings. The standard InChI is InChI=1S/C12H17N3O4/c1-6-9(7(2)15-10(6)12(18)19)11(17)14-5-4-13-8(3)16/h15H,4-5H2,1-3H3,(H,13,16)(H,14,17)(H,18,19). The molecule has 0 aliphatic heterocycles. The van der Waals surface area contributed by atoms with Crippen LogP contribution in [0.3, 0.4) is 0 Å². The number of nitrogens with one attached hydrogen (secondary N) is 3. The molecule has 0 fully saturated rings. The minimum atomic E-state index is -1.10. The lowest BCUT2D eigenvalue weighted by Crippen LogP contribution is -2.34. The zero-order valence-corrected chi connectivity index (χ0v) is 11.1. The first-order valence-electron chi connectivity index (χ1n) is 5.79. The van der Waals surface area contributed by atoms with Crippen LogP contribution in [0, 0.1) is 13.8 Å². The number of amides is 2. The number of H-pyrrole nitrogens is 1. The number of hydrogen-bond donors (Lipinski definition) is 4. The molecule has 1 aromatic rings. The minimum absolute atomic E-state index is 0.0181. The Hall–Kier alpha value is -2.31. The summed E-state index contributed by atoms with van der Waals surface area (Å²) in [6, 6.07) is 0. The molecule has 0 unspecified atom stereocenters. The summed E-state index contributed by atoms with van der Waals surface area (Å²) >= 11 is 0. The van der Waals surface area contributed by atoms with Crippen LogP contribution in [0.2, 0.25) is 0 Å². The second-order valence-electron chi connectivity index (χ2n) is 4.17. The first-order valence-corrected chi connectivity index (χ1v) is 5.79. The molecule has 1 heterocycles. The number of aromatic nitrogens is 1. The van der Waals surface area contributed by atoms with E-state index in [0.717, 1.165) is 0 Å². The van der Waals surface area contributed by atoms with Gasteiger partial charge in [-0.1, -0.05) is 0 Å². The lowest BCUT2D eigenvalue weighted by molar-refractivity contribution is -0.118. The number of carbonyl (C=O) groups is 3. The third-order valence-electron chi connectivity index (χ3n) is 2.66. The van der Waals surface area contributed by atoms with Gasteiger partial charge in [-0.05, 0) is 19.4 Å². The number of carboxylic acid groups (broad SMARTS) is 1. The molecule has 1 aromatic heterocycles. The van der Waals surface area contributed by atoms with Crippen LogP contribution in [0.15, 0.2) is 0 Å². The summed E-state index contributed by atoms with van der Waals surface area (Å²) < 4.78 is 0. The molecule has 0 radical (unpaired) electrons. The first kappa shape index (κ1) is 14.7. The molecule has 104 valence electrons. The maximum Gasteiger partial charge on any atom is 0.352 e. The van der Waals surface area contributed by atoms with Crippen LogP contribution in [0.1, 0.15) is 39.0 Å². The highest BCUT2D eigenvalue weighted by atomic mass is 16.4. The van der Waals surface area contributed by atoms with Crippen molar-refractivity contribution in [3.8, 4) is 0 Å². The summed E-state index contributed by atoms with van der Waals surface area (Å²) in [4.78, 5) is 36.2. The fraction of sp³-hybridized carbons (Fsp3) is 0.417. The number of carboxylic acids is 1. The normalized spacial score (nSPS) is 10.1. The van der Waals surface area contributed by atoms with Gasteiger partial charge in [-0.25, -0.2) is 4.79 Å². The monoisotopic (exact) mass is 267 g/mol. The number of aromatic amines is 1. The molecule has 7 nitrogen and oxygen atoms in total. The molecule has 0 saturated heterocycles. The third kappa shape index (κ3) is 3.57.